The molecular formula is C16H13NO2S. The topological polar surface area (TPSA) is 53.4 Å². The Hall–Kier alpha value is -2.33. The van der Waals surface area contributed by atoms with Crippen molar-refractivity contribution in [3.05, 3.63) is 64.5 Å². The molecule has 0 amide bonds. The molecule has 0 atom stereocenters. The quantitative estimate of drug-likeness (QED) is 0.768. The molecular weight excluding hydrogens is 270 g/mol. The van der Waals surface area contributed by atoms with Crippen molar-refractivity contribution in [3.8, 4) is 22.8 Å². The first-order chi connectivity index (χ1) is 9.72. The number of nitrogens with zero attached hydrogens (tertiary/aromatic N) is 1. The molecule has 0 aliphatic rings. The highest BCUT2D eigenvalue weighted by atomic mass is 32.1. The molecule has 0 saturated carbocycles. The van der Waals surface area contributed by atoms with Gasteiger partial charge < -0.3 is 10.2 Å². The van der Waals surface area contributed by atoms with Crippen molar-refractivity contribution in [1.82, 2.24) is 4.98 Å². The first-order valence-corrected chi connectivity index (χ1v) is 7.11. The van der Waals surface area contributed by atoms with Gasteiger partial charge in [-0.2, -0.15) is 0 Å². The second-order valence-corrected chi connectivity index (χ2v) is 5.43. The van der Waals surface area contributed by atoms with Crippen LogP contribution in [0.3, 0.4) is 0 Å². The van der Waals surface area contributed by atoms with Crippen LogP contribution in [0.4, 0.5) is 0 Å². The Bertz CT molecular complexity index is 722. The van der Waals surface area contributed by atoms with Crippen LogP contribution in [0.1, 0.15) is 10.6 Å². The third-order valence-electron chi connectivity index (χ3n) is 3.01. The molecule has 3 nitrogen and oxygen atoms in total. The average Bonchev–Trinajstić information content (AvgIpc) is 2.88. The summed E-state index contributed by atoms with van der Waals surface area (Å²) in [6.45, 7) is 0. The maximum Gasteiger partial charge on any atom is 0.128 e. The van der Waals surface area contributed by atoms with Gasteiger partial charge in [-0.25, -0.2) is 4.98 Å². The largest absolute Gasteiger partial charge is 0.508 e. The van der Waals surface area contributed by atoms with Crippen LogP contribution in [0.5, 0.6) is 11.5 Å². The van der Waals surface area contributed by atoms with Crippen LogP contribution in [0, 0.1) is 0 Å². The highest BCUT2D eigenvalue weighted by Gasteiger charge is 2.09. The monoisotopic (exact) mass is 283 g/mol. The van der Waals surface area contributed by atoms with Crippen molar-refractivity contribution in [2.24, 2.45) is 0 Å². The van der Waals surface area contributed by atoms with Crippen LogP contribution in [-0.4, -0.2) is 15.2 Å². The number of phenols is 2. The van der Waals surface area contributed by atoms with Gasteiger partial charge in [-0.15, -0.1) is 11.3 Å². The normalized spacial score (nSPS) is 10.6. The zero-order valence-electron chi connectivity index (χ0n) is 10.7. The second kappa shape index (κ2) is 5.35. The Morgan fingerprint density at radius 2 is 1.80 bits per heavy atom. The maximum atomic E-state index is 9.85. The number of hydrogen-bond donors (Lipinski definition) is 2. The van der Waals surface area contributed by atoms with Crippen molar-refractivity contribution in [2.75, 3.05) is 0 Å². The predicted molar refractivity (Wildman–Crippen MR) is 80.1 cm³/mol. The van der Waals surface area contributed by atoms with Crippen LogP contribution in [-0.2, 0) is 6.42 Å². The fraction of sp³-hybridized carbons (Fsp3) is 0.0625. The molecule has 3 aromatic rings. The molecule has 1 heterocycles. The summed E-state index contributed by atoms with van der Waals surface area (Å²) in [5.74, 6) is 0.0903. The molecule has 0 spiro atoms. The lowest BCUT2D eigenvalue weighted by Gasteiger charge is -2.01. The van der Waals surface area contributed by atoms with Gasteiger partial charge in [-0.3, -0.25) is 0 Å². The van der Waals surface area contributed by atoms with E-state index in [0.29, 0.717) is 5.56 Å². The smallest absolute Gasteiger partial charge is 0.128 e. The Labute approximate surface area is 120 Å². The van der Waals surface area contributed by atoms with E-state index < -0.39 is 0 Å². The van der Waals surface area contributed by atoms with Crippen molar-refractivity contribution in [1.29, 1.82) is 0 Å². The molecule has 2 N–H and O–H groups in total. The van der Waals surface area contributed by atoms with Crippen LogP contribution in [0.2, 0.25) is 0 Å². The average molecular weight is 283 g/mol. The zero-order chi connectivity index (χ0) is 13.9. The summed E-state index contributed by atoms with van der Waals surface area (Å²) < 4.78 is 0. The van der Waals surface area contributed by atoms with E-state index in [-0.39, 0.29) is 11.5 Å². The maximum absolute atomic E-state index is 9.85. The van der Waals surface area contributed by atoms with E-state index in [0.717, 1.165) is 17.1 Å². The van der Waals surface area contributed by atoms with E-state index in [1.54, 1.807) is 23.5 Å². The second-order valence-electron chi connectivity index (χ2n) is 4.49. The number of thiazole rings is 1. The molecule has 0 saturated heterocycles. The molecule has 100 valence electrons. The first-order valence-electron chi connectivity index (χ1n) is 6.23. The van der Waals surface area contributed by atoms with E-state index in [2.05, 4.69) is 17.1 Å². The highest BCUT2D eigenvalue weighted by molar-refractivity contribution is 7.10. The molecule has 0 unspecified atom stereocenters. The van der Waals surface area contributed by atoms with Gasteiger partial charge in [0, 0.05) is 23.4 Å². The molecule has 0 fully saturated rings. The summed E-state index contributed by atoms with van der Waals surface area (Å²) in [4.78, 5) is 4.54. The Morgan fingerprint density at radius 3 is 2.55 bits per heavy atom. The van der Waals surface area contributed by atoms with Gasteiger partial charge in [0.05, 0.1) is 10.7 Å². The molecule has 4 heteroatoms. The van der Waals surface area contributed by atoms with Crippen molar-refractivity contribution >= 4 is 11.3 Å². The van der Waals surface area contributed by atoms with E-state index >= 15 is 0 Å². The fourth-order valence-electron chi connectivity index (χ4n) is 2.02. The summed E-state index contributed by atoms with van der Waals surface area (Å²) in [6.07, 6.45) is 0.782. The number of phenolic OH excluding ortho intramolecular Hbond substituents is 2. The van der Waals surface area contributed by atoms with Crippen molar-refractivity contribution in [2.45, 2.75) is 6.42 Å². The molecule has 3 rings (SSSR count). The third-order valence-corrected chi connectivity index (χ3v) is 3.86. The fourth-order valence-corrected chi connectivity index (χ4v) is 2.85. The number of aromatic nitrogens is 1. The molecule has 0 aliphatic carbocycles. The van der Waals surface area contributed by atoms with Gasteiger partial charge >= 0.3 is 0 Å². The van der Waals surface area contributed by atoms with Crippen LogP contribution in [0.25, 0.3) is 11.3 Å². The summed E-state index contributed by atoms with van der Waals surface area (Å²) >= 11 is 1.57. The number of aromatic hydroxyl groups is 2. The predicted octanol–water partition coefficient (Wildman–Crippen LogP) is 3.81. The van der Waals surface area contributed by atoms with Crippen molar-refractivity contribution in [3.63, 3.8) is 0 Å². The van der Waals surface area contributed by atoms with E-state index in [9.17, 15) is 10.2 Å². The minimum atomic E-state index is 0.0431. The Kier molecular flexibility index (Phi) is 3.39. The van der Waals surface area contributed by atoms with Gasteiger partial charge in [0.15, 0.2) is 0 Å². The molecule has 1 aromatic heterocycles. The lowest BCUT2D eigenvalue weighted by molar-refractivity contribution is 0.452. The van der Waals surface area contributed by atoms with Crippen LogP contribution >= 0.6 is 11.3 Å². The SMILES string of the molecule is Oc1ccc(-c2csc(Cc3ccccc3)n2)c(O)c1. The van der Waals surface area contributed by atoms with E-state index in [1.165, 1.54) is 11.6 Å². The van der Waals surface area contributed by atoms with Gasteiger partial charge in [0.2, 0.25) is 0 Å². The first kappa shape index (κ1) is 12.7. The highest BCUT2D eigenvalue weighted by Crippen LogP contribution is 2.32. The number of benzene rings is 2. The number of rotatable bonds is 3. The Morgan fingerprint density at radius 1 is 1.00 bits per heavy atom. The van der Waals surface area contributed by atoms with Crippen molar-refractivity contribution < 1.29 is 10.2 Å². The number of hydrogen-bond acceptors (Lipinski definition) is 4. The standard InChI is InChI=1S/C16H13NO2S/c18-12-6-7-13(15(19)9-12)14-10-20-16(17-14)8-11-4-2-1-3-5-11/h1-7,9-10,18-19H,8H2. The zero-order valence-corrected chi connectivity index (χ0v) is 11.5. The van der Waals surface area contributed by atoms with E-state index in [1.807, 2.05) is 23.6 Å². The molecule has 0 radical (unpaired) electrons. The minimum Gasteiger partial charge on any atom is -0.508 e. The van der Waals surface area contributed by atoms with E-state index in [4.69, 9.17) is 0 Å². The third kappa shape index (κ3) is 2.65. The van der Waals surface area contributed by atoms with Crippen LogP contribution < -0.4 is 0 Å². The molecule has 2 aromatic carbocycles. The summed E-state index contributed by atoms with van der Waals surface area (Å²) in [5, 5.41) is 22.1. The lowest BCUT2D eigenvalue weighted by Crippen LogP contribution is -1.87. The minimum absolute atomic E-state index is 0.0431. The summed E-state index contributed by atoms with van der Waals surface area (Å²) in [7, 11) is 0. The molecule has 0 bridgehead atoms. The summed E-state index contributed by atoms with van der Waals surface area (Å²) in [6, 6.07) is 14.7. The molecule has 20 heavy (non-hydrogen) atoms. The van der Waals surface area contributed by atoms with Gasteiger partial charge in [0.25, 0.3) is 0 Å². The Balaban J connectivity index is 1.87. The lowest BCUT2D eigenvalue weighted by atomic mass is 10.1. The van der Waals surface area contributed by atoms with Gasteiger partial charge in [-0.05, 0) is 17.7 Å². The van der Waals surface area contributed by atoms with Gasteiger partial charge in [0.1, 0.15) is 11.5 Å². The molecule has 0 aliphatic heterocycles. The van der Waals surface area contributed by atoms with Crippen LogP contribution in [0.15, 0.2) is 53.9 Å². The summed E-state index contributed by atoms with van der Waals surface area (Å²) in [5.41, 5.74) is 2.58. The van der Waals surface area contributed by atoms with Gasteiger partial charge in [-0.1, -0.05) is 30.3 Å².